The van der Waals surface area contributed by atoms with Crippen molar-refractivity contribution in [3.05, 3.63) is 23.3 Å². The van der Waals surface area contributed by atoms with Gasteiger partial charge in [0.2, 0.25) is 0 Å². The highest BCUT2D eigenvalue weighted by molar-refractivity contribution is 5.21. The first kappa shape index (κ1) is 10.4. The Balaban J connectivity index is 2.04. The highest BCUT2D eigenvalue weighted by atomic mass is 19.4. The molecule has 1 N–H and O–H groups in total. The van der Waals surface area contributed by atoms with Crippen molar-refractivity contribution in [3.63, 3.8) is 0 Å². The molecule has 1 aromatic rings. The molecule has 3 nitrogen and oxygen atoms in total. The van der Waals surface area contributed by atoms with Crippen LogP contribution in [0.3, 0.4) is 0 Å². The van der Waals surface area contributed by atoms with Crippen molar-refractivity contribution in [2.75, 3.05) is 0 Å². The second-order valence-corrected chi connectivity index (χ2v) is 3.48. The summed E-state index contributed by atoms with van der Waals surface area (Å²) in [6.07, 6.45) is -3.54. The van der Waals surface area contributed by atoms with Crippen molar-refractivity contribution in [1.82, 2.24) is 15.3 Å². The van der Waals surface area contributed by atoms with Crippen LogP contribution in [-0.4, -0.2) is 16.1 Å². The molecule has 1 aromatic heterocycles. The molecule has 2 rings (SSSR count). The molecule has 15 heavy (non-hydrogen) atoms. The number of alkyl halides is 3. The van der Waals surface area contributed by atoms with E-state index in [4.69, 9.17) is 0 Å². The summed E-state index contributed by atoms with van der Waals surface area (Å²) in [5.41, 5.74) is 1.80. The predicted octanol–water partition coefficient (Wildman–Crippen LogP) is 1.57. The summed E-state index contributed by atoms with van der Waals surface area (Å²) < 4.78 is 35.8. The number of nitrogens with zero attached hydrogens (tertiary/aromatic N) is 2. The van der Waals surface area contributed by atoms with Crippen molar-refractivity contribution in [2.24, 2.45) is 0 Å². The van der Waals surface area contributed by atoms with E-state index in [0.29, 0.717) is 13.1 Å². The normalized spacial score (nSPS) is 15.4. The maximum Gasteiger partial charge on any atom is 0.389 e. The molecule has 0 bridgehead atoms. The van der Waals surface area contributed by atoms with E-state index in [0.717, 1.165) is 11.3 Å². The van der Waals surface area contributed by atoms with Gasteiger partial charge in [0.15, 0.2) is 0 Å². The molecule has 0 saturated heterocycles. The van der Waals surface area contributed by atoms with Crippen LogP contribution in [-0.2, 0) is 19.5 Å². The first-order valence-electron chi connectivity index (χ1n) is 4.66. The van der Waals surface area contributed by atoms with Gasteiger partial charge in [0.25, 0.3) is 0 Å². The summed E-state index contributed by atoms with van der Waals surface area (Å²) >= 11 is 0. The van der Waals surface area contributed by atoms with Crippen LogP contribution in [0.15, 0.2) is 6.20 Å². The van der Waals surface area contributed by atoms with E-state index in [1.54, 1.807) is 6.20 Å². The maximum absolute atomic E-state index is 11.9. The third kappa shape index (κ3) is 2.65. The van der Waals surface area contributed by atoms with Gasteiger partial charge in [0.05, 0.1) is 12.1 Å². The number of rotatable bonds is 2. The highest BCUT2D eigenvalue weighted by Gasteiger charge is 2.27. The molecule has 2 heterocycles. The zero-order valence-corrected chi connectivity index (χ0v) is 7.93. The van der Waals surface area contributed by atoms with Crippen LogP contribution in [0.2, 0.25) is 0 Å². The predicted molar refractivity (Wildman–Crippen MR) is 47.0 cm³/mol. The first-order chi connectivity index (χ1) is 7.04. The van der Waals surface area contributed by atoms with Gasteiger partial charge in [-0.15, -0.1) is 0 Å². The van der Waals surface area contributed by atoms with E-state index >= 15 is 0 Å². The molecule has 1 aliphatic rings. The third-order valence-corrected chi connectivity index (χ3v) is 2.24. The lowest BCUT2D eigenvalue weighted by Gasteiger charge is -2.05. The first-order valence-corrected chi connectivity index (χ1v) is 4.66. The Morgan fingerprint density at radius 3 is 2.87 bits per heavy atom. The lowest BCUT2D eigenvalue weighted by atomic mass is 10.2. The Kier molecular flexibility index (Phi) is 2.60. The Morgan fingerprint density at radius 2 is 2.13 bits per heavy atom. The SMILES string of the molecule is FC(F)(F)CCc1ncc2c(n1)CNC2. The van der Waals surface area contributed by atoms with Gasteiger partial charge in [-0.1, -0.05) is 0 Å². The number of nitrogens with one attached hydrogen (secondary N) is 1. The van der Waals surface area contributed by atoms with Gasteiger partial charge < -0.3 is 5.32 Å². The van der Waals surface area contributed by atoms with Crippen LogP contribution < -0.4 is 5.32 Å². The molecule has 0 saturated carbocycles. The number of aromatic nitrogens is 2. The van der Waals surface area contributed by atoms with Crippen LogP contribution in [0.25, 0.3) is 0 Å². The maximum atomic E-state index is 11.9. The summed E-state index contributed by atoms with van der Waals surface area (Å²) in [6, 6.07) is 0. The smallest absolute Gasteiger partial charge is 0.307 e. The van der Waals surface area contributed by atoms with Gasteiger partial charge in [-0.05, 0) is 0 Å². The minimum Gasteiger partial charge on any atom is -0.307 e. The molecule has 1 aliphatic heterocycles. The summed E-state index contributed by atoms with van der Waals surface area (Å²) in [6.45, 7) is 1.33. The standard InChI is InChI=1S/C9H10F3N3/c10-9(11,12)2-1-8-14-4-6-3-13-5-7(6)15-8/h4,13H,1-3,5H2. The molecule has 0 amide bonds. The number of fused-ring (bicyclic) bond motifs is 1. The molecular formula is C9H10F3N3. The number of aryl methyl sites for hydroxylation is 1. The summed E-state index contributed by atoms with van der Waals surface area (Å²) in [7, 11) is 0. The zero-order chi connectivity index (χ0) is 10.9. The van der Waals surface area contributed by atoms with Gasteiger partial charge in [0, 0.05) is 31.3 Å². The summed E-state index contributed by atoms with van der Waals surface area (Å²) in [5.74, 6) is 0.273. The van der Waals surface area contributed by atoms with E-state index < -0.39 is 12.6 Å². The van der Waals surface area contributed by atoms with E-state index in [1.165, 1.54) is 0 Å². The van der Waals surface area contributed by atoms with Gasteiger partial charge in [-0.3, -0.25) is 0 Å². The zero-order valence-electron chi connectivity index (χ0n) is 7.93. The average molecular weight is 217 g/mol. The second kappa shape index (κ2) is 3.77. The van der Waals surface area contributed by atoms with E-state index in [2.05, 4.69) is 15.3 Å². The average Bonchev–Trinajstić information content (AvgIpc) is 2.60. The van der Waals surface area contributed by atoms with Crippen molar-refractivity contribution in [2.45, 2.75) is 32.1 Å². The Morgan fingerprint density at radius 1 is 1.33 bits per heavy atom. The summed E-state index contributed by atoms with van der Waals surface area (Å²) in [4.78, 5) is 7.99. The molecule has 0 aromatic carbocycles. The van der Waals surface area contributed by atoms with E-state index in [-0.39, 0.29) is 12.2 Å². The van der Waals surface area contributed by atoms with Crippen LogP contribution >= 0.6 is 0 Å². The van der Waals surface area contributed by atoms with Gasteiger partial charge >= 0.3 is 6.18 Å². The second-order valence-electron chi connectivity index (χ2n) is 3.48. The number of hydrogen-bond acceptors (Lipinski definition) is 3. The molecule has 0 fully saturated rings. The molecule has 0 atom stereocenters. The van der Waals surface area contributed by atoms with Crippen LogP contribution in [0, 0.1) is 0 Å². The van der Waals surface area contributed by atoms with Crippen LogP contribution in [0.4, 0.5) is 13.2 Å². The quantitative estimate of drug-likeness (QED) is 0.817. The fourth-order valence-corrected chi connectivity index (χ4v) is 1.47. The number of halogens is 3. The van der Waals surface area contributed by atoms with Gasteiger partial charge in [0.1, 0.15) is 5.82 Å². The van der Waals surface area contributed by atoms with Crippen molar-refractivity contribution in [3.8, 4) is 0 Å². The lowest BCUT2D eigenvalue weighted by Crippen LogP contribution is -2.10. The summed E-state index contributed by atoms with van der Waals surface area (Å²) in [5, 5.41) is 3.06. The number of hydrogen-bond donors (Lipinski definition) is 1. The fraction of sp³-hybridized carbons (Fsp3) is 0.556. The monoisotopic (exact) mass is 217 g/mol. The highest BCUT2D eigenvalue weighted by Crippen LogP contribution is 2.21. The largest absolute Gasteiger partial charge is 0.389 e. The van der Waals surface area contributed by atoms with E-state index in [1.807, 2.05) is 0 Å². The van der Waals surface area contributed by atoms with Crippen molar-refractivity contribution in [1.29, 1.82) is 0 Å². The minimum atomic E-state index is -4.14. The Bertz CT molecular complexity index is 362. The van der Waals surface area contributed by atoms with Crippen molar-refractivity contribution >= 4 is 0 Å². The van der Waals surface area contributed by atoms with Crippen LogP contribution in [0.1, 0.15) is 23.5 Å². The minimum absolute atomic E-state index is 0.142. The Hall–Kier alpha value is -1.17. The topological polar surface area (TPSA) is 37.8 Å². The molecule has 6 heteroatoms. The molecule has 0 spiro atoms. The fourth-order valence-electron chi connectivity index (χ4n) is 1.47. The molecule has 82 valence electrons. The molecule has 0 aliphatic carbocycles. The Labute approximate surface area is 84.7 Å². The van der Waals surface area contributed by atoms with Gasteiger partial charge in [-0.2, -0.15) is 13.2 Å². The molecule has 0 unspecified atom stereocenters. The van der Waals surface area contributed by atoms with Crippen molar-refractivity contribution < 1.29 is 13.2 Å². The van der Waals surface area contributed by atoms with Gasteiger partial charge in [-0.25, -0.2) is 9.97 Å². The van der Waals surface area contributed by atoms with E-state index in [9.17, 15) is 13.2 Å². The van der Waals surface area contributed by atoms with Crippen LogP contribution in [0.5, 0.6) is 0 Å². The lowest BCUT2D eigenvalue weighted by molar-refractivity contribution is -0.134. The molecular weight excluding hydrogens is 207 g/mol. The molecule has 0 radical (unpaired) electrons. The third-order valence-electron chi connectivity index (χ3n) is 2.24.